The molecule has 0 saturated carbocycles. The molecule has 1 aliphatic rings. The number of allylic oxidation sites excluding steroid dienone is 12. The molecule has 0 aliphatic heterocycles. The fourth-order valence-corrected chi connectivity index (χ4v) is 12.2. The number of hydrogen-bond acceptors (Lipinski definition) is 3. The van der Waals surface area contributed by atoms with Gasteiger partial charge in [0.2, 0.25) is 0 Å². The molecule has 216 valence electrons. The van der Waals surface area contributed by atoms with Crippen molar-refractivity contribution in [2.75, 3.05) is 0 Å². The van der Waals surface area contributed by atoms with Gasteiger partial charge in [0.1, 0.15) is 0 Å². The van der Waals surface area contributed by atoms with Gasteiger partial charge in [0.15, 0.2) is 14.3 Å². The highest BCUT2D eigenvalue weighted by molar-refractivity contribution is 7.82. The topological polar surface area (TPSA) is 34.1 Å². The lowest BCUT2D eigenvalue weighted by molar-refractivity contribution is 0.589. The molecule has 5 heteroatoms. The zero-order valence-electron chi connectivity index (χ0n) is 24.8. The van der Waals surface area contributed by atoms with Crippen LogP contribution in [0, 0.1) is 0 Å². The molecule has 0 N–H and O–H groups in total. The quantitative estimate of drug-likeness (QED) is 0.138. The molecule has 0 saturated heterocycles. The fraction of sp³-hybridized carbons (Fsp3) is 0.105. The molecule has 1 heterocycles. The molecule has 2 atom stereocenters. The average Bonchev–Trinajstić information content (AvgIpc) is 3.26. The minimum absolute atomic E-state index is 0.618. The van der Waals surface area contributed by atoms with Crippen LogP contribution < -0.4 is 15.9 Å². The second-order valence-electron chi connectivity index (χ2n) is 10.2. The van der Waals surface area contributed by atoms with Crippen LogP contribution in [0.3, 0.4) is 0 Å². The van der Waals surface area contributed by atoms with Crippen LogP contribution in [0.15, 0.2) is 156 Å². The lowest BCUT2D eigenvalue weighted by Crippen LogP contribution is -2.17. The van der Waals surface area contributed by atoms with Crippen LogP contribution in [0.25, 0.3) is 16.2 Å². The first-order valence-electron chi connectivity index (χ1n) is 14.4. The lowest BCUT2D eigenvalue weighted by Gasteiger charge is -2.21. The third kappa shape index (κ3) is 5.66. The summed E-state index contributed by atoms with van der Waals surface area (Å²) < 4.78 is 31.3. The third-order valence-electron chi connectivity index (χ3n) is 7.72. The van der Waals surface area contributed by atoms with E-state index in [1.807, 2.05) is 130 Å². The molecule has 0 spiro atoms. The Morgan fingerprint density at radius 1 is 0.791 bits per heavy atom. The van der Waals surface area contributed by atoms with Crippen molar-refractivity contribution in [3.8, 4) is 0 Å². The van der Waals surface area contributed by atoms with Crippen molar-refractivity contribution < 1.29 is 9.13 Å². The Kier molecular flexibility index (Phi) is 9.48. The fourth-order valence-electron chi connectivity index (χ4n) is 5.59. The lowest BCUT2D eigenvalue weighted by atomic mass is 10.1. The Balaban J connectivity index is 1.66. The zero-order valence-corrected chi connectivity index (χ0v) is 27.4. The maximum atomic E-state index is 15.1. The van der Waals surface area contributed by atoms with E-state index < -0.39 is 14.3 Å². The maximum absolute atomic E-state index is 15.1. The van der Waals surface area contributed by atoms with Crippen LogP contribution in [0.5, 0.6) is 0 Å². The minimum atomic E-state index is -3.17. The molecule has 1 unspecified atom stereocenters. The Morgan fingerprint density at radius 2 is 1.47 bits per heavy atom. The van der Waals surface area contributed by atoms with Crippen LogP contribution in [-0.4, -0.2) is 0 Å². The maximum Gasteiger partial charge on any atom is 0.170 e. The summed E-state index contributed by atoms with van der Waals surface area (Å²) in [6.07, 6.45) is 20.2. The summed E-state index contributed by atoms with van der Waals surface area (Å²) in [6, 6.07) is 25.7. The molecule has 4 aromatic rings. The number of hydrogen-bond donors (Lipinski definition) is 0. The summed E-state index contributed by atoms with van der Waals surface area (Å²) in [5.41, 5.74) is 1.16. The van der Waals surface area contributed by atoms with Gasteiger partial charge < -0.3 is 9.13 Å². The molecule has 1 aliphatic carbocycles. The van der Waals surface area contributed by atoms with Crippen LogP contribution in [0.4, 0.5) is 0 Å². The third-order valence-corrected chi connectivity index (χ3v) is 15.2. The Labute approximate surface area is 259 Å². The standard InChI is InChI=1S/C38H36O2P2S/c1-5-9-17-30(8-4)41(39,31-18-12-10-13-19-31)33-22-25-35-36-28-34(24-27-38(36)43-37(35)26-23-33)42(40,29(7-3)16-6-2)32-20-14-11-15-21-32/h5-24,26-28H,4,25H2,1-3H3/b9-5-,16-6-,29-7+,30-17+/t41?,42-/m1/s1. The highest BCUT2D eigenvalue weighted by Crippen LogP contribution is 2.61. The first kappa shape index (κ1) is 30.7. The van der Waals surface area contributed by atoms with Crippen molar-refractivity contribution in [3.05, 3.63) is 167 Å². The molecule has 0 bridgehead atoms. The first-order valence-corrected chi connectivity index (χ1v) is 18.7. The molecule has 0 fully saturated rings. The van der Waals surface area contributed by atoms with Gasteiger partial charge in [-0.05, 0) is 68.5 Å². The van der Waals surface area contributed by atoms with Crippen LogP contribution in [0.1, 0.15) is 31.2 Å². The van der Waals surface area contributed by atoms with Crippen molar-refractivity contribution in [1.29, 1.82) is 0 Å². The van der Waals surface area contributed by atoms with Gasteiger partial charge in [-0.3, -0.25) is 0 Å². The predicted molar refractivity (Wildman–Crippen MR) is 191 cm³/mol. The van der Waals surface area contributed by atoms with E-state index in [4.69, 9.17) is 0 Å². The summed E-state index contributed by atoms with van der Waals surface area (Å²) in [4.78, 5) is 1.13. The van der Waals surface area contributed by atoms with Crippen molar-refractivity contribution in [3.63, 3.8) is 0 Å². The Hall–Kier alpha value is -3.74. The normalized spacial score (nSPS) is 17.0. The summed E-state index contributed by atoms with van der Waals surface area (Å²) in [5.74, 6) is 0. The van der Waals surface area contributed by atoms with Crippen molar-refractivity contribution in [2.45, 2.75) is 27.2 Å². The molecule has 0 radical (unpaired) electrons. The monoisotopic (exact) mass is 618 g/mol. The number of thiophene rings is 1. The van der Waals surface area contributed by atoms with E-state index in [0.29, 0.717) is 11.7 Å². The molecule has 43 heavy (non-hydrogen) atoms. The number of benzene rings is 3. The summed E-state index contributed by atoms with van der Waals surface area (Å²) in [7, 11) is -6.28. The van der Waals surface area contributed by atoms with E-state index in [1.54, 1.807) is 17.4 Å². The van der Waals surface area contributed by atoms with E-state index in [2.05, 4.69) is 30.9 Å². The van der Waals surface area contributed by atoms with E-state index >= 15 is 9.13 Å². The highest BCUT2D eigenvalue weighted by Gasteiger charge is 2.33. The van der Waals surface area contributed by atoms with Gasteiger partial charge in [0, 0.05) is 41.4 Å². The smallest absolute Gasteiger partial charge is 0.170 e. The van der Waals surface area contributed by atoms with Crippen molar-refractivity contribution in [2.24, 2.45) is 0 Å². The van der Waals surface area contributed by atoms with E-state index in [0.717, 1.165) is 47.1 Å². The molecule has 2 nitrogen and oxygen atoms in total. The number of fused-ring (bicyclic) bond motifs is 3. The van der Waals surface area contributed by atoms with Gasteiger partial charge in [-0.15, -0.1) is 11.3 Å². The van der Waals surface area contributed by atoms with Gasteiger partial charge in [0.05, 0.1) is 0 Å². The molecule has 1 aromatic heterocycles. The second kappa shape index (κ2) is 13.3. The van der Waals surface area contributed by atoms with Gasteiger partial charge in [0.25, 0.3) is 0 Å². The van der Waals surface area contributed by atoms with Gasteiger partial charge in [-0.25, -0.2) is 0 Å². The van der Waals surface area contributed by atoms with Crippen LogP contribution >= 0.6 is 25.6 Å². The molecular weight excluding hydrogens is 582 g/mol. The Morgan fingerprint density at radius 3 is 2.07 bits per heavy atom. The average molecular weight is 619 g/mol. The minimum Gasteiger partial charge on any atom is -0.309 e. The van der Waals surface area contributed by atoms with Crippen molar-refractivity contribution >= 4 is 57.7 Å². The Bertz CT molecular complexity index is 1930. The van der Waals surface area contributed by atoms with Gasteiger partial charge >= 0.3 is 0 Å². The van der Waals surface area contributed by atoms with Gasteiger partial charge in [-0.1, -0.05) is 116 Å². The molecule has 5 rings (SSSR count). The van der Waals surface area contributed by atoms with Crippen LogP contribution in [0.2, 0.25) is 0 Å². The van der Waals surface area contributed by atoms with E-state index in [9.17, 15) is 0 Å². The largest absolute Gasteiger partial charge is 0.309 e. The highest BCUT2D eigenvalue weighted by atomic mass is 32.1. The van der Waals surface area contributed by atoms with E-state index in [1.165, 1.54) is 0 Å². The summed E-state index contributed by atoms with van der Waals surface area (Å²) in [5, 5.41) is 5.82. The molecular formula is C38H36O2P2S. The predicted octanol–water partition coefficient (Wildman–Crippen LogP) is 10.5. The van der Waals surface area contributed by atoms with Crippen molar-refractivity contribution in [1.82, 2.24) is 0 Å². The van der Waals surface area contributed by atoms with E-state index in [-0.39, 0.29) is 0 Å². The summed E-state index contributed by atoms with van der Waals surface area (Å²) in [6.45, 7) is 9.88. The first-order chi connectivity index (χ1) is 20.9. The number of rotatable bonds is 9. The second-order valence-corrected chi connectivity index (χ2v) is 16.8. The molecule has 0 amide bonds. The zero-order chi connectivity index (χ0) is 30.5. The molecule has 3 aromatic carbocycles. The summed E-state index contributed by atoms with van der Waals surface area (Å²) >= 11 is 1.72. The van der Waals surface area contributed by atoms with Crippen LogP contribution in [-0.2, 0) is 15.6 Å². The SMILES string of the molecule is C=C/C(=C\C=C/C)P(=O)(C1=CCc2c(sc3ccc([P@@](=O)(C(/C=C\C)=C/C)c4ccccc4)cc23)C=C1)c1ccccc1. The van der Waals surface area contributed by atoms with Gasteiger partial charge in [-0.2, -0.15) is 0 Å².